The van der Waals surface area contributed by atoms with Crippen LogP contribution in [0.3, 0.4) is 0 Å². The molecule has 0 aliphatic heterocycles. The van der Waals surface area contributed by atoms with Gasteiger partial charge in [-0.2, -0.15) is 5.26 Å². The highest BCUT2D eigenvalue weighted by Gasteiger charge is 2.32. The third kappa shape index (κ3) is 3.14. The monoisotopic (exact) mass is 346 g/mol. The van der Waals surface area contributed by atoms with Gasteiger partial charge in [-0.25, -0.2) is 17.5 Å². The molecule has 0 bridgehead atoms. The molecule has 7 heteroatoms. The van der Waals surface area contributed by atoms with E-state index in [9.17, 15) is 12.8 Å². The summed E-state index contributed by atoms with van der Waals surface area (Å²) in [6.45, 7) is 0. The third-order valence-corrected chi connectivity index (χ3v) is 5.19. The minimum absolute atomic E-state index is 0.340. The third-order valence-electron chi connectivity index (χ3n) is 3.17. The molecular weight excluding hydrogens is 335 g/mol. The van der Waals surface area contributed by atoms with E-state index in [1.165, 1.54) is 12.1 Å². The van der Waals surface area contributed by atoms with Gasteiger partial charge >= 0.3 is 0 Å². The van der Waals surface area contributed by atoms with E-state index >= 15 is 0 Å². The molecule has 2 unspecified atom stereocenters. The molecule has 0 radical (unpaired) electrons. The summed E-state index contributed by atoms with van der Waals surface area (Å²) in [4.78, 5) is -0.390. The molecule has 0 spiro atoms. The summed E-state index contributed by atoms with van der Waals surface area (Å²) in [5, 5.41) is 8.93. The zero-order chi connectivity index (χ0) is 14.0. The van der Waals surface area contributed by atoms with Gasteiger partial charge < -0.3 is 0 Å². The van der Waals surface area contributed by atoms with Crippen LogP contribution in [0.1, 0.15) is 19.3 Å². The van der Waals surface area contributed by atoms with Crippen LogP contribution in [-0.4, -0.2) is 14.5 Å². The Morgan fingerprint density at radius 3 is 2.79 bits per heavy atom. The Labute approximate surface area is 119 Å². The highest BCUT2D eigenvalue weighted by Crippen LogP contribution is 2.27. The van der Waals surface area contributed by atoms with Crippen molar-refractivity contribution in [3.8, 4) is 6.07 Å². The van der Waals surface area contributed by atoms with Crippen molar-refractivity contribution in [3.05, 3.63) is 28.5 Å². The van der Waals surface area contributed by atoms with Gasteiger partial charge in [0.2, 0.25) is 10.0 Å². The fraction of sp³-hybridized carbons (Fsp3) is 0.417. The average molecular weight is 347 g/mol. The Bertz CT molecular complexity index is 627. The molecule has 0 heterocycles. The van der Waals surface area contributed by atoms with Gasteiger partial charge in [0.15, 0.2) is 0 Å². The molecule has 0 saturated heterocycles. The molecule has 0 amide bonds. The Morgan fingerprint density at radius 2 is 2.16 bits per heavy atom. The Kier molecular flexibility index (Phi) is 4.23. The van der Waals surface area contributed by atoms with Crippen molar-refractivity contribution in [3.63, 3.8) is 0 Å². The second-order valence-corrected chi connectivity index (χ2v) is 7.07. The average Bonchev–Trinajstić information content (AvgIpc) is 2.74. The number of rotatable bonds is 3. The summed E-state index contributed by atoms with van der Waals surface area (Å²) in [6, 6.07) is 5.43. The maximum atomic E-state index is 13.7. The lowest BCUT2D eigenvalue weighted by Crippen LogP contribution is -2.37. The van der Waals surface area contributed by atoms with Crippen LogP contribution >= 0.6 is 15.9 Å². The summed E-state index contributed by atoms with van der Waals surface area (Å²) in [5.41, 5.74) is 0. The smallest absolute Gasteiger partial charge is 0.207 e. The van der Waals surface area contributed by atoms with Crippen molar-refractivity contribution < 1.29 is 12.8 Å². The highest BCUT2D eigenvalue weighted by molar-refractivity contribution is 9.10. The van der Waals surface area contributed by atoms with Gasteiger partial charge in [-0.3, -0.25) is 0 Å². The van der Waals surface area contributed by atoms with Crippen molar-refractivity contribution in [2.45, 2.75) is 30.2 Å². The van der Waals surface area contributed by atoms with E-state index in [-0.39, 0.29) is 10.8 Å². The minimum Gasteiger partial charge on any atom is -0.207 e. The van der Waals surface area contributed by atoms with Gasteiger partial charge in [0.1, 0.15) is 10.7 Å². The van der Waals surface area contributed by atoms with Crippen molar-refractivity contribution in [1.82, 2.24) is 4.72 Å². The largest absolute Gasteiger partial charge is 0.243 e. The SMILES string of the molecule is N#CC1CCCC1NS(=O)(=O)c1ccc(Br)cc1F. The van der Waals surface area contributed by atoms with Gasteiger partial charge in [0.05, 0.1) is 12.0 Å². The van der Waals surface area contributed by atoms with E-state index in [1.54, 1.807) is 0 Å². The first-order valence-corrected chi connectivity index (χ1v) is 8.08. The number of nitriles is 1. The van der Waals surface area contributed by atoms with Gasteiger partial charge in [-0.05, 0) is 31.0 Å². The lowest BCUT2D eigenvalue weighted by Gasteiger charge is -2.16. The van der Waals surface area contributed by atoms with Gasteiger partial charge in [-0.15, -0.1) is 0 Å². The van der Waals surface area contributed by atoms with Crippen molar-refractivity contribution in [1.29, 1.82) is 5.26 Å². The molecule has 1 aliphatic carbocycles. The summed E-state index contributed by atoms with van der Waals surface area (Å²) >= 11 is 3.07. The van der Waals surface area contributed by atoms with Crippen LogP contribution in [-0.2, 0) is 10.0 Å². The fourth-order valence-corrected chi connectivity index (χ4v) is 3.92. The molecule has 1 aromatic rings. The maximum absolute atomic E-state index is 13.7. The summed E-state index contributed by atoms with van der Waals surface area (Å²) in [6.07, 6.45) is 2.08. The van der Waals surface area contributed by atoms with Crippen LogP contribution in [0.4, 0.5) is 4.39 Å². The summed E-state index contributed by atoms with van der Waals surface area (Å²) < 4.78 is 40.8. The van der Waals surface area contributed by atoms with Crippen LogP contribution in [0.15, 0.2) is 27.6 Å². The van der Waals surface area contributed by atoms with Crippen LogP contribution in [0, 0.1) is 23.1 Å². The van der Waals surface area contributed by atoms with Crippen molar-refractivity contribution in [2.75, 3.05) is 0 Å². The molecule has 4 nitrogen and oxygen atoms in total. The zero-order valence-corrected chi connectivity index (χ0v) is 12.3. The second kappa shape index (κ2) is 5.57. The van der Waals surface area contributed by atoms with E-state index in [1.807, 2.05) is 0 Å². The zero-order valence-electron chi connectivity index (χ0n) is 9.94. The Hall–Kier alpha value is -0.970. The summed E-state index contributed by atoms with van der Waals surface area (Å²) in [7, 11) is -3.93. The Morgan fingerprint density at radius 1 is 1.42 bits per heavy atom. The van der Waals surface area contributed by atoms with Crippen LogP contribution in [0.5, 0.6) is 0 Å². The molecule has 1 fully saturated rings. The topological polar surface area (TPSA) is 70.0 Å². The van der Waals surface area contributed by atoms with Crippen LogP contribution in [0.25, 0.3) is 0 Å². The molecule has 1 saturated carbocycles. The molecule has 2 rings (SSSR count). The Balaban J connectivity index is 2.26. The van der Waals surface area contributed by atoms with E-state index in [0.29, 0.717) is 17.3 Å². The van der Waals surface area contributed by atoms with Gasteiger partial charge in [0.25, 0.3) is 0 Å². The van der Waals surface area contributed by atoms with Gasteiger partial charge in [0, 0.05) is 10.5 Å². The van der Waals surface area contributed by atoms with E-state index in [0.717, 1.165) is 12.5 Å². The highest BCUT2D eigenvalue weighted by atomic mass is 79.9. The lowest BCUT2D eigenvalue weighted by atomic mass is 10.1. The van der Waals surface area contributed by atoms with Crippen LogP contribution in [0.2, 0.25) is 0 Å². The van der Waals surface area contributed by atoms with Crippen LogP contribution < -0.4 is 4.72 Å². The fourth-order valence-electron chi connectivity index (χ4n) is 2.21. The molecule has 2 atom stereocenters. The number of sulfonamides is 1. The maximum Gasteiger partial charge on any atom is 0.243 e. The molecule has 1 N–H and O–H groups in total. The molecule has 0 aromatic heterocycles. The molecule has 19 heavy (non-hydrogen) atoms. The standard InChI is InChI=1S/C12H12BrFN2O2S/c13-9-4-5-12(10(14)6-9)19(17,18)16-11-3-1-2-8(11)7-15/h4-6,8,11,16H,1-3H2. The van der Waals surface area contributed by atoms with Crippen molar-refractivity contribution in [2.24, 2.45) is 5.92 Å². The minimum atomic E-state index is -3.93. The number of nitrogens with one attached hydrogen (secondary N) is 1. The molecule has 1 aromatic carbocycles. The summed E-state index contributed by atoms with van der Waals surface area (Å²) in [5.74, 6) is -1.15. The predicted molar refractivity (Wildman–Crippen MR) is 71.2 cm³/mol. The number of benzene rings is 1. The number of nitrogens with zero attached hydrogens (tertiary/aromatic N) is 1. The molecular formula is C12H12BrFN2O2S. The first-order chi connectivity index (χ1) is 8.94. The number of halogens is 2. The predicted octanol–water partition coefficient (Wildman–Crippen LogP) is 2.56. The lowest BCUT2D eigenvalue weighted by molar-refractivity contribution is 0.508. The quantitative estimate of drug-likeness (QED) is 0.914. The number of hydrogen-bond acceptors (Lipinski definition) is 3. The van der Waals surface area contributed by atoms with Gasteiger partial charge in [-0.1, -0.05) is 22.4 Å². The number of hydrogen-bond donors (Lipinski definition) is 1. The normalized spacial score (nSPS) is 23.2. The van der Waals surface area contributed by atoms with E-state index in [4.69, 9.17) is 5.26 Å². The molecule has 1 aliphatic rings. The van der Waals surface area contributed by atoms with Crippen molar-refractivity contribution >= 4 is 26.0 Å². The first-order valence-electron chi connectivity index (χ1n) is 5.81. The first kappa shape index (κ1) is 14.4. The van der Waals surface area contributed by atoms with E-state index < -0.39 is 21.9 Å². The molecule has 102 valence electrons. The second-order valence-electron chi connectivity index (χ2n) is 4.47. The van der Waals surface area contributed by atoms with E-state index in [2.05, 4.69) is 26.7 Å².